The van der Waals surface area contributed by atoms with Crippen LogP contribution in [0.3, 0.4) is 0 Å². The molecule has 1 fully saturated rings. The number of hydrogen-bond acceptors (Lipinski definition) is 1. The Morgan fingerprint density at radius 3 is 2.25 bits per heavy atom. The smallest absolute Gasteiger partial charge is 0.133 e. The molecule has 1 aliphatic carbocycles. The van der Waals surface area contributed by atoms with Crippen LogP contribution in [0.5, 0.6) is 0 Å². The summed E-state index contributed by atoms with van der Waals surface area (Å²) in [5.74, 6) is 2.69. The van der Waals surface area contributed by atoms with Gasteiger partial charge in [-0.05, 0) is 37.5 Å². The van der Waals surface area contributed by atoms with E-state index in [1.54, 1.807) is 6.92 Å². The van der Waals surface area contributed by atoms with Crippen molar-refractivity contribution in [3.05, 3.63) is 0 Å². The molecule has 0 heterocycles. The monoisotopic (exact) mass is 168 g/mol. The first-order valence-corrected chi connectivity index (χ1v) is 5.04. The normalized spacial score (nSPS) is 35.9. The van der Waals surface area contributed by atoms with E-state index in [9.17, 15) is 4.79 Å². The van der Waals surface area contributed by atoms with Gasteiger partial charge in [0.15, 0.2) is 0 Å². The number of ketones is 1. The maximum atomic E-state index is 11.4. The van der Waals surface area contributed by atoms with Crippen molar-refractivity contribution in [1.29, 1.82) is 0 Å². The Bertz CT molecular complexity index is 172. The predicted molar refractivity (Wildman–Crippen MR) is 50.9 cm³/mol. The van der Waals surface area contributed by atoms with Gasteiger partial charge >= 0.3 is 0 Å². The third kappa shape index (κ3) is 1.70. The fraction of sp³-hybridized carbons (Fsp3) is 0.909. The average molecular weight is 168 g/mol. The van der Waals surface area contributed by atoms with Gasteiger partial charge in [0.2, 0.25) is 0 Å². The lowest BCUT2D eigenvalue weighted by Gasteiger charge is -2.23. The summed E-state index contributed by atoms with van der Waals surface area (Å²) in [7, 11) is 0. The summed E-state index contributed by atoms with van der Waals surface area (Å²) in [6.45, 7) is 8.44. The Morgan fingerprint density at radius 2 is 1.92 bits per heavy atom. The number of rotatable bonds is 2. The van der Waals surface area contributed by atoms with Crippen molar-refractivity contribution < 1.29 is 4.79 Å². The van der Waals surface area contributed by atoms with Gasteiger partial charge in [-0.25, -0.2) is 0 Å². The van der Waals surface area contributed by atoms with Crippen molar-refractivity contribution in [2.24, 2.45) is 23.7 Å². The van der Waals surface area contributed by atoms with Crippen LogP contribution in [-0.4, -0.2) is 5.78 Å². The van der Waals surface area contributed by atoms with E-state index < -0.39 is 0 Å². The number of carbonyl (C=O) groups is 1. The van der Waals surface area contributed by atoms with Crippen LogP contribution in [0.15, 0.2) is 0 Å². The second-order valence-corrected chi connectivity index (χ2v) is 4.60. The number of hydrogen-bond donors (Lipinski definition) is 0. The van der Waals surface area contributed by atoms with Crippen LogP contribution in [0.25, 0.3) is 0 Å². The summed E-state index contributed by atoms with van der Waals surface area (Å²) < 4.78 is 0. The topological polar surface area (TPSA) is 17.1 Å². The molecule has 0 aromatic rings. The van der Waals surface area contributed by atoms with Crippen molar-refractivity contribution in [2.75, 3.05) is 0 Å². The zero-order valence-corrected chi connectivity index (χ0v) is 8.63. The summed E-state index contributed by atoms with van der Waals surface area (Å²) in [5.41, 5.74) is 0. The molecule has 1 aliphatic rings. The molecule has 0 amide bonds. The standard InChI is InChI=1S/C11H20O/c1-7(2)10-6-5-8(3)11(10)9(4)12/h7-8,10-11H,5-6H2,1-4H3/t8-,10+,11+/m0/s1. The molecule has 1 heteroatoms. The average Bonchev–Trinajstić information content (AvgIpc) is 2.30. The Balaban J connectivity index is 2.70. The van der Waals surface area contributed by atoms with Crippen LogP contribution in [0.4, 0.5) is 0 Å². The highest BCUT2D eigenvalue weighted by Crippen LogP contribution is 2.41. The lowest BCUT2D eigenvalue weighted by Crippen LogP contribution is -2.24. The van der Waals surface area contributed by atoms with Crippen molar-refractivity contribution >= 4 is 5.78 Å². The zero-order chi connectivity index (χ0) is 9.30. The highest BCUT2D eigenvalue weighted by molar-refractivity contribution is 5.79. The van der Waals surface area contributed by atoms with Crippen molar-refractivity contribution in [1.82, 2.24) is 0 Å². The molecule has 0 saturated heterocycles. The minimum atomic E-state index is 0.352. The highest BCUT2D eigenvalue weighted by Gasteiger charge is 2.37. The van der Waals surface area contributed by atoms with E-state index in [-0.39, 0.29) is 0 Å². The van der Waals surface area contributed by atoms with Crippen molar-refractivity contribution in [2.45, 2.75) is 40.5 Å². The molecular weight excluding hydrogens is 148 g/mol. The Labute approximate surface area is 75.5 Å². The molecule has 1 nitrogen and oxygen atoms in total. The third-order valence-corrected chi connectivity index (χ3v) is 3.36. The fourth-order valence-corrected chi connectivity index (χ4v) is 2.69. The number of Topliss-reactive ketones (excluding diaryl/α,β-unsaturated/α-hetero) is 1. The molecule has 3 atom stereocenters. The summed E-state index contributed by atoms with van der Waals surface area (Å²) in [6, 6.07) is 0. The number of carbonyl (C=O) groups excluding carboxylic acids is 1. The van der Waals surface area contributed by atoms with Crippen molar-refractivity contribution in [3.63, 3.8) is 0 Å². The van der Waals surface area contributed by atoms with Gasteiger partial charge in [-0.15, -0.1) is 0 Å². The lowest BCUT2D eigenvalue weighted by molar-refractivity contribution is -0.123. The predicted octanol–water partition coefficient (Wildman–Crippen LogP) is 2.89. The maximum Gasteiger partial charge on any atom is 0.133 e. The van der Waals surface area contributed by atoms with Gasteiger partial charge in [0, 0.05) is 5.92 Å². The molecule has 0 unspecified atom stereocenters. The van der Waals surface area contributed by atoms with Gasteiger partial charge in [0.1, 0.15) is 5.78 Å². The molecule has 0 aromatic carbocycles. The van der Waals surface area contributed by atoms with E-state index in [0.29, 0.717) is 29.5 Å². The fourth-order valence-electron chi connectivity index (χ4n) is 2.69. The van der Waals surface area contributed by atoms with E-state index in [1.807, 2.05) is 0 Å². The summed E-state index contributed by atoms with van der Waals surface area (Å²) >= 11 is 0. The van der Waals surface area contributed by atoms with E-state index >= 15 is 0 Å². The lowest BCUT2D eigenvalue weighted by atomic mass is 9.81. The molecule has 0 aromatic heterocycles. The SMILES string of the molecule is CC(=O)[C@@H]1[C@@H](C(C)C)CC[C@@H]1C. The van der Waals surface area contributed by atoms with Crippen LogP contribution < -0.4 is 0 Å². The van der Waals surface area contributed by atoms with E-state index in [2.05, 4.69) is 20.8 Å². The molecule has 1 rings (SSSR count). The third-order valence-electron chi connectivity index (χ3n) is 3.36. The minimum Gasteiger partial charge on any atom is -0.300 e. The molecule has 70 valence electrons. The van der Waals surface area contributed by atoms with E-state index in [1.165, 1.54) is 12.8 Å². The van der Waals surface area contributed by atoms with Crippen LogP contribution in [0.2, 0.25) is 0 Å². The van der Waals surface area contributed by atoms with Gasteiger partial charge in [-0.1, -0.05) is 20.8 Å². The van der Waals surface area contributed by atoms with E-state index in [0.717, 1.165) is 0 Å². The van der Waals surface area contributed by atoms with Gasteiger partial charge in [0.05, 0.1) is 0 Å². The summed E-state index contributed by atoms with van der Waals surface area (Å²) in [4.78, 5) is 11.4. The second-order valence-electron chi connectivity index (χ2n) is 4.60. The molecule has 0 aliphatic heterocycles. The zero-order valence-electron chi connectivity index (χ0n) is 8.63. The van der Waals surface area contributed by atoms with E-state index in [4.69, 9.17) is 0 Å². The first-order chi connectivity index (χ1) is 5.54. The molecular formula is C11H20O. The van der Waals surface area contributed by atoms with Crippen LogP contribution in [0, 0.1) is 23.7 Å². The van der Waals surface area contributed by atoms with Crippen LogP contribution >= 0.6 is 0 Å². The summed E-state index contributed by atoms with van der Waals surface area (Å²) in [5, 5.41) is 0. The molecule has 0 spiro atoms. The molecule has 1 saturated carbocycles. The quantitative estimate of drug-likeness (QED) is 0.619. The Kier molecular flexibility index (Phi) is 2.92. The minimum absolute atomic E-state index is 0.352. The molecule has 0 bridgehead atoms. The van der Waals surface area contributed by atoms with Crippen LogP contribution in [0.1, 0.15) is 40.5 Å². The Hall–Kier alpha value is -0.330. The van der Waals surface area contributed by atoms with Crippen molar-refractivity contribution in [3.8, 4) is 0 Å². The second kappa shape index (κ2) is 3.59. The largest absolute Gasteiger partial charge is 0.300 e. The first-order valence-electron chi connectivity index (χ1n) is 5.04. The molecule has 0 N–H and O–H groups in total. The van der Waals surface area contributed by atoms with Gasteiger partial charge in [-0.3, -0.25) is 4.79 Å². The first kappa shape index (κ1) is 9.76. The van der Waals surface area contributed by atoms with Gasteiger partial charge in [0.25, 0.3) is 0 Å². The molecule has 12 heavy (non-hydrogen) atoms. The maximum absolute atomic E-state index is 11.4. The molecule has 0 radical (unpaired) electrons. The summed E-state index contributed by atoms with van der Waals surface area (Å²) in [6.07, 6.45) is 2.50. The van der Waals surface area contributed by atoms with Crippen LogP contribution in [-0.2, 0) is 4.79 Å². The highest BCUT2D eigenvalue weighted by atomic mass is 16.1. The van der Waals surface area contributed by atoms with Gasteiger partial charge in [-0.2, -0.15) is 0 Å². The Morgan fingerprint density at radius 1 is 1.33 bits per heavy atom. The van der Waals surface area contributed by atoms with Gasteiger partial charge < -0.3 is 0 Å².